The van der Waals surface area contributed by atoms with Crippen LogP contribution in [0.5, 0.6) is 0 Å². The first kappa shape index (κ1) is 27.8. The lowest BCUT2D eigenvalue weighted by molar-refractivity contribution is 0.891. The number of para-hydroxylation sites is 2. The SMILES string of the molecule is c1ccc(-c2ccc(-c3cc(-c4ccc(-c5ccccc5)cc4)n(-c4ccc(-n5c6ccccc6c6ccccc65)cc4)n3)cc2)cc1. The zero-order valence-electron chi connectivity index (χ0n) is 26.2. The number of nitrogens with zero attached hydrogens (tertiary/aromatic N) is 3. The van der Waals surface area contributed by atoms with E-state index in [0.717, 1.165) is 33.9 Å². The highest BCUT2D eigenvalue weighted by Gasteiger charge is 2.16. The molecule has 2 heterocycles. The van der Waals surface area contributed by atoms with Crippen molar-refractivity contribution in [3.63, 3.8) is 0 Å². The van der Waals surface area contributed by atoms with Crippen LogP contribution in [-0.4, -0.2) is 14.3 Å². The van der Waals surface area contributed by atoms with E-state index >= 15 is 0 Å². The Kier molecular flexibility index (Phi) is 6.80. The Morgan fingerprint density at radius 1 is 0.333 bits per heavy atom. The smallest absolute Gasteiger partial charge is 0.0934 e. The van der Waals surface area contributed by atoms with Gasteiger partial charge in [-0.05, 0) is 64.7 Å². The van der Waals surface area contributed by atoms with Crippen molar-refractivity contribution in [2.75, 3.05) is 0 Å². The van der Waals surface area contributed by atoms with Crippen LogP contribution in [0.1, 0.15) is 0 Å². The Morgan fingerprint density at radius 3 is 1.29 bits per heavy atom. The molecular formula is C45H31N3. The van der Waals surface area contributed by atoms with E-state index in [0.29, 0.717) is 0 Å². The van der Waals surface area contributed by atoms with E-state index in [1.807, 2.05) is 6.07 Å². The van der Waals surface area contributed by atoms with Crippen molar-refractivity contribution in [3.8, 4) is 56.1 Å². The molecule has 0 aliphatic rings. The quantitative estimate of drug-likeness (QED) is 0.183. The summed E-state index contributed by atoms with van der Waals surface area (Å²) in [5.41, 5.74) is 13.5. The van der Waals surface area contributed by atoms with E-state index in [1.54, 1.807) is 0 Å². The largest absolute Gasteiger partial charge is 0.309 e. The predicted octanol–water partition coefficient (Wildman–Crippen LogP) is 11.6. The summed E-state index contributed by atoms with van der Waals surface area (Å²) >= 11 is 0. The minimum Gasteiger partial charge on any atom is -0.309 e. The summed E-state index contributed by atoms with van der Waals surface area (Å²) in [7, 11) is 0. The standard InChI is InChI=1S/C45H31N3/c1-3-11-32(12-4-1)34-19-23-36(24-20-34)42-31-45(37-25-21-35(22-26-37)33-13-5-2-6-14-33)48(46-42)39-29-27-38(28-30-39)47-43-17-9-7-15-40(43)41-16-8-10-18-44(41)47/h1-31H. The lowest BCUT2D eigenvalue weighted by Crippen LogP contribution is -2.00. The predicted molar refractivity (Wildman–Crippen MR) is 200 cm³/mol. The third-order valence-electron chi connectivity index (χ3n) is 9.22. The van der Waals surface area contributed by atoms with Crippen LogP contribution in [0.2, 0.25) is 0 Å². The van der Waals surface area contributed by atoms with Gasteiger partial charge in [0, 0.05) is 27.6 Å². The molecule has 0 saturated carbocycles. The number of benzene rings is 7. The third-order valence-corrected chi connectivity index (χ3v) is 9.22. The van der Waals surface area contributed by atoms with Crippen molar-refractivity contribution in [1.82, 2.24) is 14.3 Å². The van der Waals surface area contributed by atoms with Crippen molar-refractivity contribution in [2.45, 2.75) is 0 Å². The van der Waals surface area contributed by atoms with E-state index < -0.39 is 0 Å². The molecule has 0 atom stereocenters. The van der Waals surface area contributed by atoms with E-state index in [4.69, 9.17) is 5.10 Å². The zero-order chi connectivity index (χ0) is 31.9. The Hall–Kier alpha value is -6.45. The molecule has 0 radical (unpaired) electrons. The van der Waals surface area contributed by atoms with E-state index in [1.165, 1.54) is 44.1 Å². The molecule has 9 rings (SSSR count). The highest BCUT2D eigenvalue weighted by Crippen LogP contribution is 2.34. The van der Waals surface area contributed by atoms with Crippen LogP contribution in [0.3, 0.4) is 0 Å². The first-order valence-electron chi connectivity index (χ1n) is 16.3. The molecule has 2 aromatic heterocycles. The molecule has 3 heteroatoms. The van der Waals surface area contributed by atoms with E-state index in [2.05, 4.69) is 191 Å². The first-order valence-corrected chi connectivity index (χ1v) is 16.3. The van der Waals surface area contributed by atoms with Gasteiger partial charge < -0.3 is 4.57 Å². The van der Waals surface area contributed by atoms with Gasteiger partial charge in [0.1, 0.15) is 0 Å². The summed E-state index contributed by atoms with van der Waals surface area (Å²) in [5, 5.41) is 7.73. The average molecular weight is 614 g/mol. The zero-order valence-corrected chi connectivity index (χ0v) is 26.2. The van der Waals surface area contributed by atoms with Crippen molar-refractivity contribution in [3.05, 3.63) is 188 Å². The van der Waals surface area contributed by atoms with Gasteiger partial charge in [0.2, 0.25) is 0 Å². The third kappa shape index (κ3) is 4.90. The van der Waals surface area contributed by atoms with Crippen LogP contribution < -0.4 is 0 Å². The first-order chi connectivity index (χ1) is 23.8. The van der Waals surface area contributed by atoms with Gasteiger partial charge in [-0.2, -0.15) is 5.10 Å². The summed E-state index contributed by atoms with van der Waals surface area (Å²) in [6.07, 6.45) is 0. The normalized spacial score (nSPS) is 11.3. The monoisotopic (exact) mass is 613 g/mol. The molecule has 0 N–H and O–H groups in total. The van der Waals surface area contributed by atoms with Crippen molar-refractivity contribution in [2.24, 2.45) is 0 Å². The molecule has 3 nitrogen and oxygen atoms in total. The van der Waals surface area contributed by atoms with E-state index in [9.17, 15) is 0 Å². The minimum absolute atomic E-state index is 0.934. The maximum absolute atomic E-state index is 5.21. The van der Waals surface area contributed by atoms with Crippen LogP contribution in [-0.2, 0) is 0 Å². The Labute approximate surface area is 279 Å². The molecule has 0 aliphatic heterocycles. The van der Waals surface area contributed by atoms with Gasteiger partial charge in [-0.3, -0.25) is 0 Å². The number of hydrogen-bond acceptors (Lipinski definition) is 1. The molecule has 9 aromatic rings. The van der Waals surface area contributed by atoms with Gasteiger partial charge >= 0.3 is 0 Å². The summed E-state index contributed by atoms with van der Waals surface area (Å²) < 4.78 is 4.42. The molecular weight excluding hydrogens is 583 g/mol. The fourth-order valence-corrected chi connectivity index (χ4v) is 6.80. The Bertz CT molecular complexity index is 2450. The highest BCUT2D eigenvalue weighted by molar-refractivity contribution is 6.09. The molecule has 7 aromatic carbocycles. The minimum atomic E-state index is 0.934. The summed E-state index contributed by atoms with van der Waals surface area (Å²) in [6.45, 7) is 0. The molecule has 0 saturated heterocycles. The fourth-order valence-electron chi connectivity index (χ4n) is 6.80. The van der Waals surface area contributed by atoms with Crippen molar-refractivity contribution in [1.29, 1.82) is 0 Å². The maximum atomic E-state index is 5.21. The second-order valence-corrected chi connectivity index (χ2v) is 12.1. The summed E-state index contributed by atoms with van der Waals surface area (Å²) in [5.74, 6) is 0. The van der Waals surface area contributed by atoms with Crippen molar-refractivity contribution < 1.29 is 0 Å². The van der Waals surface area contributed by atoms with Crippen LogP contribution in [0.15, 0.2) is 188 Å². The van der Waals surface area contributed by atoms with Gasteiger partial charge in [-0.25, -0.2) is 4.68 Å². The molecule has 0 fully saturated rings. The number of hydrogen-bond donors (Lipinski definition) is 0. The van der Waals surface area contributed by atoms with Crippen LogP contribution in [0, 0.1) is 0 Å². The van der Waals surface area contributed by atoms with Crippen LogP contribution in [0.25, 0.3) is 77.9 Å². The lowest BCUT2D eigenvalue weighted by atomic mass is 10.0. The second-order valence-electron chi connectivity index (χ2n) is 12.1. The molecule has 226 valence electrons. The highest BCUT2D eigenvalue weighted by atomic mass is 15.3. The number of rotatable bonds is 6. The molecule has 0 aliphatic carbocycles. The van der Waals surface area contributed by atoms with Gasteiger partial charge in [-0.1, -0.05) is 146 Å². The molecule has 0 unspecified atom stereocenters. The number of aromatic nitrogens is 3. The lowest BCUT2D eigenvalue weighted by Gasteiger charge is -2.11. The van der Waals surface area contributed by atoms with E-state index in [-0.39, 0.29) is 0 Å². The fraction of sp³-hybridized carbons (Fsp3) is 0. The van der Waals surface area contributed by atoms with Gasteiger partial charge in [0.05, 0.1) is 28.1 Å². The summed E-state index contributed by atoms with van der Waals surface area (Å²) in [6, 6.07) is 66.7. The summed E-state index contributed by atoms with van der Waals surface area (Å²) in [4.78, 5) is 0. The Morgan fingerprint density at radius 2 is 0.750 bits per heavy atom. The molecule has 0 amide bonds. The second kappa shape index (κ2) is 11.7. The maximum Gasteiger partial charge on any atom is 0.0934 e. The number of fused-ring (bicyclic) bond motifs is 3. The van der Waals surface area contributed by atoms with Crippen LogP contribution >= 0.6 is 0 Å². The topological polar surface area (TPSA) is 22.8 Å². The molecule has 48 heavy (non-hydrogen) atoms. The molecule has 0 spiro atoms. The molecule has 0 bridgehead atoms. The van der Waals surface area contributed by atoms with Crippen molar-refractivity contribution >= 4 is 21.8 Å². The van der Waals surface area contributed by atoms with Gasteiger partial charge in [0.25, 0.3) is 0 Å². The van der Waals surface area contributed by atoms with Gasteiger partial charge in [-0.15, -0.1) is 0 Å². The average Bonchev–Trinajstić information content (AvgIpc) is 3.76. The van der Waals surface area contributed by atoms with Gasteiger partial charge in [0.15, 0.2) is 0 Å². The Balaban J connectivity index is 1.14. The van der Waals surface area contributed by atoms with Crippen LogP contribution in [0.4, 0.5) is 0 Å².